The van der Waals surface area contributed by atoms with E-state index in [1.54, 1.807) is 6.07 Å². The summed E-state index contributed by atoms with van der Waals surface area (Å²) >= 11 is 0. The molecular formula is C13H22N2O3S. The molecular weight excluding hydrogens is 264 g/mol. The van der Waals surface area contributed by atoms with Gasteiger partial charge in [0, 0.05) is 6.04 Å². The predicted molar refractivity (Wildman–Crippen MR) is 76.6 cm³/mol. The molecule has 0 heterocycles. The Balaban J connectivity index is 2.91. The maximum absolute atomic E-state index is 12.2. The number of ether oxygens (including phenoxy) is 1. The lowest BCUT2D eigenvalue weighted by atomic mass is 10.1. The van der Waals surface area contributed by atoms with Crippen molar-refractivity contribution >= 4 is 15.7 Å². The summed E-state index contributed by atoms with van der Waals surface area (Å²) in [7, 11) is -2.05. The third kappa shape index (κ3) is 4.40. The Morgan fingerprint density at radius 1 is 1.32 bits per heavy atom. The third-order valence-corrected chi connectivity index (χ3v) is 4.28. The first kappa shape index (κ1) is 15.8. The molecule has 0 radical (unpaired) electrons. The number of benzene rings is 1. The van der Waals surface area contributed by atoms with Crippen LogP contribution in [0.25, 0.3) is 0 Å². The molecule has 0 spiro atoms. The van der Waals surface area contributed by atoms with Gasteiger partial charge in [-0.3, -0.25) is 0 Å². The summed E-state index contributed by atoms with van der Waals surface area (Å²) in [6.07, 6.45) is 0.783. The number of hydrogen-bond donors (Lipinski definition) is 2. The SMILES string of the molecule is COc1ccc(S(=O)(=O)NC(C)CC(C)C)cc1N. The van der Waals surface area contributed by atoms with E-state index in [9.17, 15) is 8.42 Å². The summed E-state index contributed by atoms with van der Waals surface area (Å²) in [5.74, 6) is 0.896. The highest BCUT2D eigenvalue weighted by atomic mass is 32.2. The summed E-state index contributed by atoms with van der Waals surface area (Å²) in [6.45, 7) is 5.96. The lowest BCUT2D eigenvalue weighted by Crippen LogP contribution is -2.33. The summed E-state index contributed by atoms with van der Waals surface area (Å²) in [6, 6.07) is 4.33. The number of rotatable bonds is 6. The van der Waals surface area contributed by atoms with Gasteiger partial charge in [-0.1, -0.05) is 13.8 Å². The molecule has 0 saturated carbocycles. The molecule has 0 aromatic heterocycles. The predicted octanol–water partition coefficient (Wildman–Crippen LogP) is 1.99. The van der Waals surface area contributed by atoms with Crippen molar-refractivity contribution in [1.82, 2.24) is 4.72 Å². The van der Waals surface area contributed by atoms with Crippen molar-refractivity contribution in [2.24, 2.45) is 5.92 Å². The van der Waals surface area contributed by atoms with Crippen LogP contribution >= 0.6 is 0 Å². The highest BCUT2D eigenvalue weighted by molar-refractivity contribution is 7.89. The Morgan fingerprint density at radius 3 is 2.42 bits per heavy atom. The standard InChI is InChI=1S/C13H22N2O3S/c1-9(2)7-10(3)15-19(16,17)11-5-6-13(18-4)12(14)8-11/h5-6,8-10,15H,7,14H2,1-4H3. The van der Waals surface area contributed by atoms with Crippen molar-refractivity contribution in [2.75, 3.05) is 12.8 Å². The minimum absolute atomic E-state index is 0.117. The molecule has 0 saturated heterocycles. The minimum Gasteiger partial charge on any atom is -0.495 e. The molecule has 0 aliphatic heterocycles. The van der Waals surface area contributed by atoms with Gasteiger partial charge in [-0.15, -0.1) is 0 Å². The molecule has 5 nitrogen and oxygen atoms in total. The van der Waals surface area contributed by atoms with E-state index in [1.165, 1.54) is 19.2 Å². The third-order valence-electron chi connectivity index (χ3n) is 2.69. The van der Waals surface area contributed by atoms with Crippen LogP contribution in [-0.4, -0.2) is 21.6 Å². The molecule has 1 rings (SSSR count). The molecule has 19 heavy (non-hydrogen) atoms. The molecule has 0 fully saturated rings. The Morgan fingerprint density at radius 2 is 1.95 bits per heavy atom. The quantitative estimate of drug-likeness (QED) is 0.784. The van der Waals surface area contributed by atoms with E-state index in [0.717, 1.165) is 6.42 Å². The number of sulfonamides is 1. The van der Waals surface area contributed by atoms with Gasteiger partial charge in [-0.2, -0.15) is 0 Å². The Labute approximate surface area is 115 Å². The van der Waals surface area contributed by atoms with Gasteiger partial charge in [-0.25, -0.2) is 13.1 Å². The average molecular weight is 286 g/mol. The van der Waals surface area contributed by atoms with E-state index in [2.05, 4.69) is 18.6 Å². The molecule has 108 valence electrons. The van der Waals surface area contributed by atoms with E-state index >= 15 is 0 Å². The molecule has 0 amide bonds. The average Bonchev–Trinajstić information content (AvgIpc) is 2.26. The topological polar surface area (TPSA) is 81.4 Å². The molecule has 0 aliphatic carbocycles. The minimum atomic E-state index is -3.54. The zero-order valence-corrected chi connectivity index (χ0v) is 12.6. The summed E-state index contributed by atoms with van der Waals surface area (Å²) in [5, 5.41) is 0. The van der Waals surface area contributed by atoms with Crippen LogP contribution in [0.15, 0.2) is 23.1 Å². The van der Waals surface area contributed by atoms with Gasteiger partial charge < -0.3 is 10.5 Å². The summed E-state index contributed by atoms with van der Waals surface area (Å²) < 4.78 is 32.0. The number of nitrogens with two attached hydrogens (primary N) is 1. The van der Waals surface area contributed by atoms with Crippen molar-refractivity contribution in [1.29, 1.82) is 0 Å². The van der Waals surface area contributed by atoms with E-state index in [4.69, 9.17) is 10.5 Å². The largest absolute Gasteiger partial charge is 0.495 e. The fourth-order valence-corrected chi connectivity index (χ4v) is 3.26. The van der Waals surface area contributed by atoms with Crippen LogP contribution in [0.2, 0.25) is 0 Å². The second-order valence-electron chi connectivity index (χ2n) is 5.06. The van der Waals surface area contributed by atoms with Crippen molar-refractivity contribution in [3.05, 3.63) is 18.2 Å². The van der Waals surface area contributed by atoms with Crippen molar-refractivity contribution in [3.63, 3.8) is 0 Å². The smallest absolute Gasteiger partial charge is 0.240 e. The van der Waals surface area contributed by atoms with Gasteiger partial charge >= 0.3 is 0 Å². The first-order valence-corrected chi connectivity index (χ1v) is 7.70. The number of anilines is 1. The van der Waals surface area contributed by atoms with E-state index < -0.39 is 10.0 Å². The molecule has 0 aliphatic rings. The number of methoxy groups -OCH3 is 1. The molecule has 6 heteroatoms. The van der Waals surface area contributed by atoms with Gasteiger partial charge in [0.1, 0.15) is 5.75 Å². The summed E-state index contributed by atoms with van der Waals surface area (Å²) in [4.78, 5) is 0.154. The van der Waals surface area contributed by atoms with E-state index in [0.29, 0.717) is 17.4 Å². The van der Waals surface area contributed by atoms with Crippen LogP contribution in [0.5, 0.6) is 5.75 Å². The van der Waals surface area contributed by atoms with Crippen LogP contribution in [0.3, 0.4) is 0 Å². The molecule has 3 N–H and O–H groups in total. The van der Waals surface area contributed by atoms with Crippen molar-refractivity contribution in [2.45, 2.75) is 38.1 Å². The molecule has 1 unspecified atom stereocenters. The molecule has 1 atom stereocenters. The van der Waals surface area contributed by atoms with Gasteiger partial charge in [0.15, 0.2) is 0 Å². The van der Waals surface area contributed by atoms with Crippen LogP contribution < -0.4 is 15.2 Å². The van der Waals surface area contributed by atoms with Gasteiger partial charge in [0.05, 0.1) is 17.7 Å². The fraction of sp³-hybridized carbons (Fsp3) is 0.538. The van der Waals surface area contributed by atoms with Gasteiger partial charge in [0.25, 0.3) is 0 Å². The van der Waals surface area contributed by atoms with Gasteiger partial charge in [-0.05, 0) is 37.5 Å². The van der Waals surface area contributed by atoms with Crippen molar-refractivity contribution < 1.29 is 13.2 Å². The zero-order valence-electron chi connectivity index (χ0n) is 11.8. The second-order valence-corrected chi connectivity index (χ2v) is 6.77. The lowest BCUT2D eigenvalue weighted by molar-refractivity contribution is 0.416. The van der Waals surface area contributed by atoms with Crippen molar-refractivity contribution in [3.8, 4) is 5.75 Å². The number of hydrogen-bond acceptors (Lipinski definition) is 4. The highest BCUT2D eigenvalue weighted by Gasteiger charge is 2.19. The Hall–Kier alpha value is -1.27. The van der Waals surface area contributed by atoms with E-state index in [-0.39, 0.29) is 10.9 Å². The zero-order chi connectivity index (χ0) is 14.6. The molecule has 1 aromatic carbocycles. The maximum Gasteiger partial charge on any atom is 0.240 e. The Kier molecular flexibility index (Phi) is 5.20. The van der Waals surface area contributed by atoms with Crippen LogP contribution in [0.1, 0.15) is 27.2 Å². The van der Waals surface area contributed by atoms with Crippen LogP contribution in [0, 0.1) is 5.92 Å². The monoisotopic (exact) mass is 286 g/mol. The first-order chi connectivity index (χ1) is 8.76. The number of nitrogen functional groups attached to an aromatic ring is 1. The van der Waals surface area contributed by atoms with E-state index in [1.807, 2.05) is 6.92 Å². The molecule has 0 bridgehead atoms. The second kappa shape index (κ2) is 6.25. The normalized spacial score (nSPS) is 13.5. The maximum atomic E-state index is 12.2. The summed E-state index contributed by atoms with van der Waals surface area (Å²) in [5.41, 5.74) is 6.03. The molecule has 1 aromatic rings. The fourth-order valence-electron chi connectivity index (χ4n) is 1.97. The van der Waals surface area contributed by atoms with Gasteiger partial charge in [0.2, 0.25) is 10.0 Å². The Bertz CT molecular complexity index is 527. The lowest BCUT2D eigenvalue weighted by Gasteiger charge is -2.16. The first-order valence-electron chi connectivity index (χ1n) is 6.22. The number of nitrogens with one attached hydrogen (secondary N) is 1. The van der Waals surface area contributed by atoms with Crippen LogP contribution in [-0.2, 0) is 10.0 Å². The van der Waals surface area contributed by atoms with Crippen LogP contribution in [0.4, 0.5) is 5.69 Å². The highest BCUT2D eigenvalue weighted by Crippen LogP contribution is 2.24.